The minimum atomic E-state index is 0. The standard InChI is InChI=1S/C5H8N2.3C4H6N2.C2H6.CH4/c1-5-3-6-4-7(5)2;3*1-6-3-2-5-4-6;1-2;/h3-4H,1-2H3;3*2-4H,1H3;1-2H3;1H4. The molecule has 0 aliphatic rings. The molecule has 0 spiro atoms. The first-order valence-electron chi connectivity index (χ1n) is 8.67. The van der Waals surface area contributed by atoms with Crippen LogP contribution in [-0.2, 0) is 28.2 Å². The van der Waals surface area contributed by atoms with Crippen molar-refractivity contribution in [3.05, 3.63) is 74.4 Å². The highest BCUT2D eigenvalue weighted by molar-refractivity contribution is 4.91. The molecule has 0 N–H and O–H groups in total. The van der Waals surface area contributed by atoms with Crippen LogP contribution < -0.4 is 0 Å². The second-order valence-corrected chi connectivity index (χ2v) is 5.33. The Hall–Kier alpha value is -3.16. The van der Waals surface area contributed by atoms with E-state index in [9.17, 15) is 0 Å². The van der Waals surface area contributed by atoms with Gasteiger partial charge in [-0.05, 0) is 6.92 Å². The number of hydrogen-bond donors (Lipinski definition) is 0. The zero-order valence-electron chi connectivity index (χ0n) is 17.4. The zero-order valence-corrected chi connectivity index (χ0v) is 17.4. The highest BCUT2D eigenvalue weighted by atomic mass is 15.0. The monoisotopic (exact) mass is 388 g/mol. The Morgan fingerprint density at radius 2 is 0.964 bits per heavy atom. The Labute approximate surface area is 169 Å². The summed E-state index contributed by atoms with van der Waals surface area (Å²) < 4.78 is 7.64. The van der Waals surface area contributed by atoms with E-state index >= 15 is 0 Å². The molecule has 4 rings (SSSR count). The van der Waals surface area contributed by atoms with E-state index in [0.717, 1.165) is 0 Å². The third-order valence-corrected chi connectivity index (χ3v) is 2.97. The second kappa shape index (κ2) is 17.3. The largest absolute Gasteiger partial charge is 0.341 e. The van der Waals surface area contributed by atoms with Crippen LogP contribution in [0, 0.1) is 6.92 Å². The van der Waals surface area contributed by atoms with E-state index in [-0.39, 0.29) is 7.43 Å². The third-order valence-electron chi connectivity index (χ3n) is 2.97. The molecule has 8 heteroatoms. The molecular formula is C20H36N8. The molecule has 4 aromatic heterocycles. The van der Waals surface area contributed by atoms with E-state index in [1.54, 1.807) is 43.9 Å². The van der Waals surface area contributed by atoms with Crippen LogP contribution in [0.3, 0.4) is 0 Å². The highest BCUT2D eigenvalue weighted by Gasteiger charge is 1.83. The Morgan fingerprint density at radius 3 is 1.04 bits per heavy atom. The molecule has 8 nitrogen and oxygen atoms in total. The lowest BCUT2D eigenvalue weighted by molar-refractivity contribution is 0.873. The molecule has 0 saturated carbocycles. The maximum Gasteiger partial charge on any atom is 0.0945 e. The van der Waals surface area contributed by atoms with Gasteiger partial charge >= 0.3 is 0 Å². The van der Waals surface area contributed by atoms with Gasteiger partial charge in [-0.15, -0.1) is 0 Å². The lowest BCUT2D eigenvalue weighted by Crippen LogP contribution is -1.84. The van der Waals surface area contributed by atoms with E-state index in [2.05, 4.69) is 19.9 Å². The van der Waals surface area contributed by atoms with Crippen LogP contribution in [0.1, 0.15) is 27.0 Å². The van der Waals surface area contributed by atoms with Gasteiger partial charge in [0.25, 0.3) is 0 Å². The van der Waals surface area contributed by atoms with Crippen LogP contribution >= 0.6 is 0 Å². The zero-order chi connectivity index (χ0) is 20.5. The third kappa shape index (κ3) is 14.1. The molecule has 0 atom stereocenters. The summed E-state index contributed by atoms with van der Waals surface area (Å²) in [5.74, 6) is 0. The lowest BCUT2D eigenvalue weighted by atomic mass is 10.5. The molecule has 0 unspecified atom stereocenters. The van der Waals surface area contributed by atoms with Gasteiger partial charge < -0.3 is 18.3 Å². The van der Waals surface area contributed by atoms with Gasteiger partial charge in [-0.2, -0.15) is 0 Å². The van der Waals surface area contributed by atoms with E-state index < -0.39 is 0 Å². The van der Waals surface area contributed by atoms with Crippen molar-refractivity contribution in [1.29, 1.82) is 0 Å². The number of rotatable bonds is 0. The summed E-state index contributed by atoms with van der Waals surface area (Å²) in [4.78, 5) is 15.2. The Kier molecular flexibility index (Phi) is 16.7. The molecule has 0 aromatic carbocycles. The number of hydrogen-bond acceptors (Lipinski definition) is 4. The summed E-state index contributed by atoms with van der Waals surface area (Å²) in [6.45, 7) is 6.02. The summed E-state index contributed by atoms with van der Waals surface area (Å²) in [7, 11) is 7.79. The number of aromatic nitrogens is 8. The van der Waals surface area contributed by atoms with Gasteiger partial charge in [-0.25, -0.2) is 19.9 Å². The summed E-state index contributed by atoms with van der Waals surface area (Å²) in [5.41, 5.74) is 1.19. The van der Waals surface area contributed by atoms with Gasteiger partial charge in [0, 0.05) is 77.3 Å². The van der Waals surface area contributed by atoms with Gasteiger partial charge in [-0.1, -0.05) is 21.3 Å². The first kappa shape index (κ1) is 27.1. The smallest absolute Gasteiger partial charge is 0.0945 e. The fourth-order valence-corrected chi connectivity index (χ4v) is 1.40. The molecule has 28 heavy (non-hydrogen) atoms. The predicted octanol–water partition coefficient (Wildman–Crippen LogP) is 3.65. The first-order chi connectivity index (χ1) is 13.0. The van der Waals surface area contributed by atoms with Crippen LogP contribution in [0.4, 0.5) is 0 Å². The van der Waals surface area contributed by atoms with Crippen LogP contribution in [0.25, 0.3) is 0 Å². The molecule has 0 fully saturated rings. The molecule has 0 radical (unpaired) electrons. The first-order valence-corrected chi connectivity index (χ1v) is 8.67. The van der Waals surface area contributed by atoms with Crippen molar-refractivity contribution in [1.82, 2.24) is 38.2 Å². The average Bonchev–Trinajstić information content (AvgIpc) is 3.46. The number of aryl methyl sites for hydroxylation is 5. The summed E-state index contributed by atoms with van der Waals surface area (Å²) in [6, 6.07) is 0. The van der Waals surface area contributed by atoms with Crippen molar-refractivity contribution in [3.8, 4) is 0 Å². The molecule has 0 bridgehead atoms. The van der Waals surface area contributed by atoms with Gasteiger partial charge in [0.1, 0.15) is 0 Å². The summed E-state index contributed by atoms with van der Waals surface area (Å²) in [5, 5.41) is 0. The number of imidazole rings is 4. The topological polar surface area (TPSA) is 71.3 Å². The Bertz CT molecular complexity index is 660. The summed E-state index contributed by atoms with van der Waals surface area (Å²) >= 11 is 0. The fourth-order valence-electron chi connectivity index (χ4n) is 1.40. The molecule has 4 heterocycles. The van der Waals surface area contributed by atoms with E-state index in [1.165, 1.54) is 5.69 Å². The van der Waals surface area contributed by atoms with Crippen LogP contribution in [-0.4, -0.2) is 38.2 Å². The quantitative estimate of drug-likeness (QED) is 0.461. The highest BCUT2D eigenvalue weighted by Crippen LogP contribution is 1.88. The van der Waals surface area contributed by atoms with Gasteiger partial charge in [0.2, 0.25) is 0 Å². The van der Waals surface area contributed by atoms with Crippen LogP contribution in [0.15, 0.2) is 68.7 Å². The SMILES string of the molecule is C.CC.Cc1cncn1C.Cn1ccnc1.Cn1ccnc1.Cn1ccnc1. The van der Waals surface area contributed by atoms with Gasteiger partial charge in [0.15, 0.2) is 0 Å². The molecule has 156 valence electrons. The van der Waals surface area contributed by atoms with Crippen molar-refractivity contribution >= 4 is 0 Å². The van der Waals surface area contributed by atoms with Crippen molar-refractivity contribution < 1.29 is 0 Å². The molecule has 0 amide bonds. The van der Waals surface area contributed by atoms with Crippen molar-refractivity contribution in [3.63, 3.8) is 0 Å². The fraction of sp³-hybridized carbons (Fsp3) is 0.400. The van der Waals surface area contributed by atoms with Gasteiger partial charge in [-0.3, -0.25) is 0 Å². The second-order valence-electron chi connectivity index (χ2n) is 5.33. The maximum atomic E-state index is 3.88. The Morgan fingerprint density at radius 1 is 0.607 bits per heavy atom. The van der Waals surface area contributed by atoms with E-state index in [1.807, 2.05) is 92.0 Å². The van der Waals surface area contributed by atoms with Crippen molar-refractivity contribution in [2.24, 2.45) is 28.2 Å². The summed E-state index contributed by atoms with van der Waals surface area (Å²) in [6.07, 6.45) is 19.8. The van der Waals surface area contributed by atoms with E-state index in [0.29, 0.717) is 0 Å². The maximum absolute atomic E-state index is 3.88. The predicted molar refractivity (Wildman–Crippen MR) is 116 cm³/mol. The lowest BCUT2D eigenvalue weighted by Gasteiger charge is -1.87. The van der Waals surface area contributed by atoms with Gasteiger partial charge in [0.05, 0.1) is 25.3 Å². The molecule has 4 aromatic rings. The molecule has 0 aliphatic heterocycles. The minimum Gasteiger partial charge on any atom is -0.341 e. The average molecular weight is 389 g/mol. The normalized spacial score (nSPS) is 8.25. The Balaban J connectivity index is 0. The molecule has 0 saturated heterocycles. The molecule has 0 aliphatic carbocycles. The van der Waals surface area contributed by atoms with Crippen molar-refractivity contribution in [2.75, 3.05) is 0 Å². The van der Waals surface area contributed by atoms with E-state index in [4.69, 9.17) is 0 Å². The minimum absolute atomic E-state index is 0. The molecular weight excluding hydrogens is 352 g/mol. The van der Waals surface area contributed by atoms with Crippen LogP contribution in [0.2, 0.25) is 0 Å². The number of nitrogens with zero attached hydrogens (tertiary/aromatic N) is 8. The van der Waals surface area contributed by atoms with Crippen molar-refractivity contribution in [2.45, 2.75) is 28.2 Å². The van der Waals surface area contributed by atoms with Crippen LogP contribution in [0.5, 0.6) is 0 Å².